The number of nitrogens with one attached hydrogen (secondary N) is 2. The molecule has 0 radical (unpaired) electrons. The molecule has 30 heavy (non-hydrogen) atoms. The Bertz CT molecular complexity index is 1310. The molecule has 1 aromatic carbocycles. The van der Waals surface area contributed by atoms with Crippen LogP contribution in [0, 0.1) is 11.3 Å². The van der Waals surface area contributed by atoms with Gasteiger partial charge in [-0.05, 0) is 49.4 Å². The van der Waals surface area contributed by atoms with Crippen LogP contribution in [0.25, 0.3) is 22.1 Å². The van der Waals surface area contributed by atoms with Crippen molar-refractivity contribution in [2.24, 2.45) is 0 Å². The van der Waals surface area contributed by atoms with E-state index in [0.29, 0.717) is 11.6 Å². The largest absolute Gasteiger partial charge is 0.346 e. The number of aromatic amines is 1. The summed E-state index contributed by atoms with van der Waals surface area (Å²) in [6.07, 6.45) is 8.86. The first kappa shape index (κ1) is 18.5. The summed E-state index contributed by atoms with van der Waals surface area (Å²) in [5.74, 6) is 0. The number of H-pyrrole nitrogens is 1. The van der Waals surface area contributed by atoms with Gasteiger partial charge in [-0.2, -0.15) is 5.26 Å². The fourth-order valence-corrected chi connectivity index (χ4v) is 4.54. The van der Waals surface area contributed by atoms with Crippen LogP contribution in [-0.4, -0.2) is 25.6 Å². The minimum absolute atomic E-state index is 0.0547. The molecule has 1 aliphatic rings. The van der Waals surface area contributed by atoms with Gasteiger partial charge in [0.1, 0.15) is 11.2 Å². The van der Waals surface area contributed by atoms with E-state index in [9.17, 15) is 4.79 Å². The van der Waals surface area contributed by atoms with Crippen LogP contribution in [0.15, 0.2) is 53.7 Å². The van der Waals surface area contributed by atoms with Gasteiger partial charge >= 0.3 is 0 Å². The molecule has 1 saturated carbocycles. The number of pyridine rings is 1. The molecular weight excluding hydrogens is 376 g/mol. The summed E-state index contributed by atoms with van der Waals surface area (Å²) in [6, 6.07) is 12.4. The second-order valence-electron chi connectivity index (χ2n) is 7.90. The van der Waals surface area contributed by atoms with Crippen molar-refractivity contribution in [1.82, 2.24) is 24.8 Å². The second kappa shape index (κ2) is 7.73. The monoisotopic (exact) mass is 398 g/mol. The van der Waals surface area contributed by atoms with Crippen molar-refractivity contribution in [2.45, 2.75) is 44.3 Å². The third-order valence-electron chi connectivity index (χ3n) is 6.04. The summed E-state index contributed by atoms with van der Waals surface area (Å²) in [4.78, 5) is 24.6. The van der Waals surface area contributed by atoms with Gasteiger partial charge < -0.3 is 14.9 Å². The fourth-order valence-electron chi connectivity index (χ4n) is 4.54. The summed E-state index contributed by atoms with van der Waals surface area (Å²) in [6.45, 7) is 0.749. The number of nitrogens with zero attached hydrogens (tertiary/aromatic N) is 4. The number of aromatic nitrogens is 4. The zero-order chi connectivity index (χ0) is 20.5. The van der Waals surface area contributed by atoms with E-state index in [1.165, 1.54) is 6.20 Å². The van der Waals surface area contributed by atoms with Crippen LogP contribution in [-0.2, 0) is 6.54 Å². The van der Waals surface area contributed by atoms with Gasteiger partial charge in [0.05, 0.1) is 29.5 Å². The van der Waals surface area contributed by atoms with E-state index in [4.69, 9.17) is 5.26 Å². The normalized spacial score (nSPS) is 19.2. The average Bonchev–Trinajstić information content (AvgIpc) is 3.27. The number of benzene rings is 1. The van der Waals surface area contributed by atoms with Crippen molar-refractivity contribution in [3.8, 4) is 6.07 Å². The molecule has 150 valence electrons. The first-order valence-corrected chi connectivity index (χ1v) is 10.3. The Hall–Kier alpha value is -3.50. The molecular formula is C23H22N6O. The molecule has 7 nitrogen and oxygen atoms in total. The van der Waals surface area contributed by atoms with Gasteiger partial charge in [-0.25, -0.2) is 9.97 Å². The molecule has 0 atom stereocenters. The van der Waals surface area contributed by atoms with Crippen LogP contribution in [0.1, 0.15) is 42.9 Å². The van der Waals surface area contributed by atoms with Crippen molar-refractivity contribution < 1.29 is 0 Å². The van der Waals surface area contributed by atoms with E-state index < -0.39 is 0 Å². The highest BCUT2D eigenvalue weighted by atomic mass is 16.1. The lowest BCUT2D eigenvalue weighted by Crippen LogP contribution is -2.35. The second-order valence-corrected chi connectivity index (χ2v) is 7.90. The lowest BCUT2D eigenvalue weighted by atomic mass is 9.90. The number of rotatable bonds is 4. The van der Waals surface area contributed by atoms with Crippen molar-refractivity contribution in [3.63, 3.8) is 0 Å². The molecule has 0 saturated heterocycles. The molecule has 0 unspecified atom stereocenters. The Kier molecular flexibility index (Phi) is 4.77. The van der Waals surface area contributed by atoms with E-state index in [2.05, 4.69) is 26.3 Å². The molecule has 0 amide bonds. The summed E-state index contributed by atoms with van der Waals surface area (Å²) >= 11 is 0. The molecule has 0 aliphatic heterocycles. The van der Waals surface area contributed by atoms with Crippen molar-refractivity contribution in [2.75, 3.05) is 0 Å². The van der Waals surface area contributed by atoms with E-state index in [0.717, 1.165) is 59.9 Å². The Labute approximate surface area is 173 Å². The summed E-state index contributed by atoms with van der Waals surface area (Å²) < 4.78 is 1.92. The number of hydrogen-bond donors (Lipinski definition) is 2. The molecule has 3 aromatic heterocycles. The van der Waals surface area contributed by atoms with Gasteiger partial charge in [-0.15, -0.1) is 0 Å². The van der Waals surface area contributed by atoms with Crippen LogP contribution in [0.5, 0.6) is 0 Å². The Morgan fingerprint density at radius 3 is 2.87 bits per heavy atom. The molecule has 1 fully saturated rings. The third kappa shape index (κ3) is 3.36. The smallest absolute Gasteiger partial charge is 0.269 e. The van der Waals surface area contributed by atoms with Gasteiger partial charge in [-0.1, -0.05) is 12.1 Å². The van der Waals surface area contributed by atoms with E-state index in [-0.39, 0.29) is 11.6 Å². The lowest BCUT2D eigenvalue weighted by molar-refractivity contribution is 0.290. The van der Waals surface area contributed by atoms with Gasteiger partial charge in [-0.3, -0.25) is 4.79 Å². The van der Waals surface area contributed by atoms with E-state index in [1.54, 1.807) is 6.20 Å². The third-order valence-corrected chi connectivity index (χ3v) is 6.04. The Balaban J connectivity index is 1.34. The quantitative estimate of drug-likeness (QED) is 0.549. The van der Waals surface area contributed by atoms with Crippen LogP contribution in [0.3, 0.4) is 0 Å². The average molecular weight is 398 g/mol. The predicted molar refractivity (Wildman–Crippen MR) is 115 cm³/mol. The van der Waals surface area contributed by atoms with Gasteiger partial charge in [0, 0.05) is 30.2 Å². The van der Waals surface area contributed by atoms with Crippen LogP contribution in [0.4, 0.5) is 0 Å². The van der Waals surface area contributed by atoms with E-state index in [1.807, 2.05) is 41.1 Å². The number of nitriles is 1. The molecule has 1 aliphatic carbocycles. The van der Waals surface area contributed by atoms with Crippen molar-refractivity contribution in [1.29, 1.82) is 5.26 Å². The number of fused-ring (bicyclic) bond motifs is 3. The standard InChI is InChI=1S/C23H22N6O/c24-11-15-2-1-3-16(10-15)12-26-17-4-6-18(7-5-17)29-21(30)14-27-20-13-28-23-19(22(20)29)8-9-25-23/h1-3,8-10,13-14,17-18,26H,4-7,12H2,(H,25,28)/t17-,18-. The maximum atomic E-state index is 12.8. The lowest BCUT2D eigenvalue weighted by Gasteiger charge is -2.31. The highest BCUT2D eigenvalue weighted by Crippen LogP contribution is 2.31. The first-order valence-electron chi connectivity index (χ1n) is 10.3. The molecule has 0 bridgehead atoms. The van der Waals surface area contributed by atoms with Crippen molar-refractivity contribution in [3.05, 3.63) is 70.4 Å². The predicted octanol–water partition coefficient (Wildman–Crippen LogP) is 3.42. The van der Waals surface area contributed by atoms with Crippen LogP contribution in [0.2, 0.25) is 0 Å². The summed E-state index contributed by atoms with van der Waals surface area (Å²) in [5, 5.41) is 13.6. The molecule has 5 rings (SSSR count). The van der Waals surface area contributed by atoms with Gasteiger partial charge in [0.2, 0.25) is 0 Å². The first-order chi connectivity index (χ1) is 14.7. The van der Waals surface area contributed by atoms with Crippen LogP contribution < -0.4 is 10.9 Å². The molecule has 0 spiro atoms. The highest BCUT2D eigenvalue weighted by molar-refractivity contribution is 6.00. The molecule has 7 heteroatoms. The topological polar surface area (TPSA) is 99.4 Å². The minimum Gasteiger partial charge on any atom is -0.346 e. The maximum Gasteiger partial charge on any atom is 0.269 e. The highest BCUT2D eigenvalue weighted by Gasteiger charge is 2.25. The van der Waals surface area contributed by atoms with E-state index >= 15 is 0 Å². The van der Waals surface area contributed by atoms with Crippen molar-refractivity contribution >= 4 is 22.1 Å². The zero-order valence-electron chi connectivity index (χ0n) is 16.5. The summed E-state index contributed by atoms with van der Waals surface area (Å²) in [7, 11) is 0. The maximum absolute atomic E-state index is 12.8. The minimum atomic E-state index is -0.0547. The molecule has 4 aromatic rings. The molecule has 2 N–H and O–H groups in total. The Morgan fingerprint density at radius 1 is 1.17 bits per heavy atom. The molecule has 3 heterocycles. The van der Waals surface area contributed by atoms with Crippen LogP contribution >= 0.6 is 0 Å². The van der Waals surface area contributed by atoms with Gasteiger partial charge in [0.25, 0.3) is 5.56 Å². The van der Waals surface area contributed by atoms with Gasteiger partial charge in [0.15, 0.2) is 0 Å². The Morgan fingerprint density at radius 2 is 2.03 bits per heavy atom. The zero-order valence-corrected chi connectivity index (χ0v) is 16.5. The number of hydrogen-bond acceptors (Lipinski definition) is 5. The SMILES string of the molecule is N#Cc1cccc(CN[C@H]2CC[C@H](n3c(=O)cnc4cnc5[nH]ccc5c43)CC2)c1. The fraction of sp³-hybridized carbons (Fsp3) is 0.304. The summed E-state index contributed by atoms with van der Waals surface area (Å²) in [5.41, 5.74) is 4.15.